The number of amides is 1. The van der Waals surface area contributed by atoms with E-state index in [9.17, 15) is 4.79 Å². The lowest BCUT2D eigenvalue weighted by molar-refractivity contribution is -0.116. The van der Waals surface area contributed by atoms with E-state index in [4.69, 9.17) is 0 Å². The Morgan fingerprint density at radius 3 is 2.44 bits per heavy atom. The lowest BCUT2D eigenvalue weighted by Gasteiger charge is -2.34. The molecule has 0 aromatic carbocycles. The van der Waals surface area contributed by atoms with E-state index in [2.05, 4.69) is 24.1 Å². The first-order chi connectivity index (χ1) is 8.49. The summed E-state index contributed by atoms with van der Waals surface area (Å²) < 4.78 is 0. The summed E-state index contributed by atoms with van der Waals surface area (Å²) in [5.74, 6) is 0.835. The van der Waals surface area contributed by atoms with E-state index in [1.54, 1.807) is 6.08 Å². The van der Waals surface area contributed by atoms with Gasteiger partial charge in [0.25, 0.3) is 0 Å². The number of carbonyl (C=O) groups is 1. The van der Waals surface area contributed by atoms with Crippen LogP contribution in [-0.4, -0.2) is 36.5 Å². The van der Waals surface area contributed by atoms with Crippen molar-refractivity contribution in [3.63, 3.8) is 0 Å². The summed E-state index contributed by atoms with van der Waals surface area (Å²) in [4.78, 5) is 14.0. The summed E-state index contributed by atoms with van der Waals surface area (Å²) in [6.45, 7) is 11.7. The van der Waals surface area contributed by atoms with Gasteiger partial charge in [0.2, 0.25) is 5.91 Å². The maximum absolute atomic E-state index is 11.4. The normalized spacial score (nSPS) is 17.8. The fraction of sp³-hybridized carbons (Fsp3) is 0.800. The molecule has 0 unspecified atom stereocenters. The molecule has 0 saturated carbocycles. The Hall–Kier alpha value is -0.830. The molecule has 1 saturated heterocycles. The lowest BCUT2D eigenvalue weighted by Crippen LogP contribution is -2.39. The quantitative estimate of drug-likeness (QED) is 0.763. The van der Waals surface area contributed by atoms with Crippen molar-refractivity contribution in [2.75, 3.05) is 19.6 Å². The minimum Gasteiger partial charge on any atom is -0.353 e. The Labute approximate surface area is 112 Å². The summed E-state index contributed by atoms with van der Waals surface area (Å²) >= 11 is 0. The van der Waals surface area contributed by atoms with Gasteiger partial charge in [0.05, 0.1) is 0 Å². The summed E-state index contributed by atoms with van der Waals surface area (Å²) in [7, 11) is 0. The molecule has 3 nitrogen and oxygen atoms in total. The molecule has 1 aliphatic rings. The first-order valence-electron chi connectivity index (χ1n) is 7.16. The highest BCUT2D eigenvalue weighted by Gasteiger charge is 2.20. The number of nitrogens with one attached hydrogen (secondary N) is 1. The molecular weight excluding hydrogens is 224 g/mol. The molecular formula is C15H28N2O. The van der Waals surface area contributed by atoms with Crippen molar-refractivity contribution in [3.05, 3.63) is 11.6 Å². The zero-order valence-corrected chi connectivity index (χ0v) is 12.3. The Morgan fingerprint density at radius 1 is 1.33 bits per heavy atom. The smallest absolute Gasteiger partial charge is 0.243 e. The summed E-state index contributed by atoms with van der Waals surface area (Å²) in [6.07, 6.45) is 5.34. The van der Waals surface area contributed by atoms with Gasteiger partial charge in [-0.1, -0.05) is 5.57 Å². The van der Waals surface area contributed by atoms with E-state index >= 15 is 0 Å². The maximum atomic E-state index is 11.4. The molecule has 0 radical (unpaired) electrons. The second kappa shape index (κ2) is 7.57. The van der Waals surface area contributed by atoms with Gasteiger partial charge in [0.1, 0.15) is 0 Å². The van der Waals surface area contributed by atoms with E-state index in [-0.39, 0.29) is 5.91 Å². The highest BCUT2D eigenvalue weighted by atomic mass is 16.1. The van der Waals surface area contributed by atoms with E-state index < -0.39 is 0 Å². The minimum absolute atomic E-state index is 0.0506. The molecule has 18 heavy (non-hydrogen) atoms. The third-order valence-corrected chi connectivity index (χ3v) is 3.65. The zero-order chi connectivity index (χ0) is 13.5. The predicted molar refractivity (Wildman–Crippen MR) is 76.5 cm³/mol. The highest BCUT2D eigenvalue weighted by Crippen LogP contribution is 2.21. The minimum atomic E-state index is 0.0506. The van der Waals surface area contributed by atoms with Gasteiger partial charge >= 0.3 is 0 Å². The van der Waals surface area contributed by atoms with Gasteiger partial charge in [-0.15, -0.1) is 0 Å². The monoisotopic (exact) mass is 252 g/mol. The maximum Gasteiger partial charge on any atom is 0.243 e. The Morgan fingerprint density at radius 2 is 1.94 bits per heavy atom. The summed E-state index contributed by atoms with van der Waals surface area (Å²) in [5, 5.41) is 2.97. The first-order valence-corrected chi connectivity index (χ1v) is 7.16. The van der Waals surface area contributed by atoms with Crippen LogP contribution in [0.4, 0.5) is 0 Å². The van der Waals surface area contributed by atoms with Gasteiger partial charge in [-0.05, 0) is 66.0 Å². The van der Waals surface area contributed by atoms with Crippen molar-refractivity contribution < 1.29 is 4.79 Å². The largest absolute Gasteiger partial charge is 0.353 e. The molecule has 1 heterocycles. The van der Waals surface area contributed by atoms with Crippen LogP contribution < -0.4 is 5.32 Å². The predicted octanol–water partition coefficient (Wildman–Crippen LogP) is 2.58. The molecule has 0 aromatic heterocycles. The second-order valence-corrected chi connectivity index (χ2v) is 5.87. The van der Waals surface area contributed by atoms with Crippen molar-refractivity contribution >= 4 is 5.91 Å². The van der Waals surface area contributed by atoms with Crippen LogP contribution in [0.1, 0.15) is 47.0 Å². The molecule has 1 amide bonds. The number of hydrogen-bond donors (Lipinski definition) is 1. The molecule has 0 atom stereocenters. The second-order valence-electron chi connectivity index (χ2n) is 5.87. The Kier molecular flexibility index (Phi) is 6.41. The third kappa shape index (κ3) is 5.67. The molecule has 0 aliphatic carbocycles. The Balaban J connectivity index is 2.15. The zero-order valence-electron chi connectivity index (χ0n) is 12.3. The SMILES string of the molecule is CC(C)=CC(=O)NCCC1CCN(C(C)C)CC1. The fourth-order valence-corrected chi connectivity index (χ4v) is 2.47. The van der Waals surface area contributed by atoms with Crippen molar-refractivity contribution in [1.82, 2.24) is 10.2 Å². The standard InChI is InChI=1S/C15H28N2O/c1-12(2)11-15(18)16-8-5-14-6-9-17(10-7-14)13(3)4/h11,13-14H,5-10H2,1-4H3,(H,16,18). The van der Waals surface area contributed by atoms with E-state index in [1.165, 1.54) is 25.9 Å². The van der Waals surface area contributed by atoms with Crippen LogP contribution in [0.25, 0.3) is 0 Å². The number of likely N-dealkylation sites (tertiary alicyclic amines) is 1. The molecule has 104 valence electrons. The van der Waals surface area contributed by atoms with Crippen molar-refractivity contribution in [2.24, 2.45) is 5.92 Å². The third-order valence-electron chi connectivity index (χ3n) is 3.65. The van der Waals surface area contributed by atoms with E-state index in [0.717, 1.165) is 24.5 Å². The average molecular weight is 252 g/mol. The van der Waals surface area contributed by atoms with Crippen LogP contribution in [0.3, 0.4) is 0 Å². The number of nitrogens with zero attached hydrogens (tertiary/aromatic N) is 1. The van der Waals surface area contributed by atoms with Gasteiger partial charge in [-0.2, -0.15) is 0 Å². The number of rotatable bonds is 5. The molecule has 1 rings (SSSR count). The van der Waals surface area contributed by atoms with Crippen LogP contribution in [0, 0.1) is 5.92 Å². The summed E-state index contributed by atoms with van der Waals surface area (Å²) in [5.41, 5.74) is 1.05. The number of allylic oxidation sites excluding steroid dienone is 1. The van der Waals surface area contributed by atoms with Crippen molar-refractivity contribution in [1.29, 1.82) is 0 Å². The highest BCUT2D eigenvalue weighted by molar-refractivity contribution is 5.87. The van der Waals surface area contributed by atoms with Gasteiger partial charge in [-0.25, -0.2) is 0 Å². The van der Waals surface area contributed by atoms with Crippen LogP contribution in [0.2, 0.25) is 0 Å². The molecule has 1 aliphatic heterocycles. The van der Waals surface area contributed by atoms with Gasteiger partial charge in [-0.3, -0.25) is 4.79 Å². The summed E-state index contributed by atoms with van der Waals surface area (Å²) in [6, 6.07) is 0.670. The van der Waals surface area contributed by atoms with Crippen molar-refractivity contribution in [2.45, 2.75) is 53.0 Å². The van der Waals surface area contributed by atoms with Gasteiger partial charge in [0.15, 0.2) is 0 Å². The molecule has 0 aromatic rings. The molecule has 1 N–H and O–H groups in total. The number of hydrogen-bond acceptors (Lipinski definition) is 2. The van der Waals surface area contributed by atoms with E-state index in [0.29, 0.717) is 6.04 Å². The average Bonchev–Trinajstić information content (AvgIpc) is 2.28. The van der Waals surface area contributed by atoms with Gasteiger partial charge in [0, 0.05) is 18.7 Å². The topological polar surface area (TPSA) is 32.3 Å². The molecule has 1 fully saturated rings. The van der Waals surface area contributed by atoms with Crippen LogP contribution in [-0.2, 0) is 4.79 Å². The van der Waals surface area contributed by atoms with Gasteiger partial charge < -0.3 is 10.2 Å². The first kappa shape index (κ1) is 15.2. The molecule has 0 spiro atoms. The molecule has 0 bridgehead atoms. The van der Waals surface area contributed by atoms with Crippen LogP contribution in [0.15, 0.2) is 11.6 Å². The van der Waals surface area contributed by atoms with Crippen molar-refractivity contribution in [3.8, 4) is 0 Å². The Bertz CT molecular complexity index is 285. The lowest BCUT2D eigenvalue weighted by atomic mass is 9.93. The van der Waals surface area contributed by atoms with Crippen LogP contribution in [0.5, 0.6) is 0 Å². The molecule has 3 heteroatoms. The van der Waals surface area contributed by atoms with Crippen LogP contribution >= 0.6 is 0 Å². The van der Waals surface area contributed by atoms with E-state index in [1.807, 2.05) is 13.8 Å². The number of piperidine rings is 1. The number of carbonyl (C=O) groups excluding carboxylic acids is 1. The fourth-order valence-electron chi connectivity index (χ4n) is 2.47.